The van der Waals surface area contributed by atoms with Crippen LogP contribution in [0.3, 0.4) is 0 Å². The first-order valence-corrected chi connectivity index (χ1v) is 8.25. The molecule has 0 unspecified atom stereocenters. The first-order valence-electron chi connectivity index (χ1n) is 7.87. The molecule has 0 atom stereocenters. The van der Waals surface area contributed by atoms with Gasteiger partial charge in [0.15, 0.2) is 0 Å². The molecule has 0 aromatic heterocycles. The topological polar surface area (TPSA) is 55.1 Å². The first-order chi connectivity index (χ1) is 10.0. The van der Waals surface area contributed by atoms with Crippen LogP contribution in [0.2, 0.25) is 5.02 Å². The molecule has 2 aliphatic rings. The molecule has 114 valence electrons. The summed E-state index contributed by atoms with van der Waals surface area (Å²) in [6.07, 6.45) is 7.57. The number of benzene rings is 1. The minimum Gasteiger partial charge on any atom is -0.354 e. The predicted molar refractivity (Wildman–Crippen MR) is 85.4 cm³/mol. The molecule has 0 radical (unpaired) electrons. The average molecular weight is 307 g/mol. The van der Waals surface area contributed by atoms with Crippen LogP contribution < -0.4 is 11.1 Å². The normalized spacial score (nSPS) is 22.6. The lowest BCUT2D eigenvalue weighted by Gasteiger charge is -2.38. The van der Waals surface area contributed by atoms with Crippen LogP contribution in [0.15, 0.2) is 24.3 Å². The van der Waals surface area contributed by atoms with Crippen LogP contribution in [0.25, 0.3) is 0 Å². The summed E-state index contributed by atoms with van der Waals surface area (Å²) in [7, 11) is 0. The third kappa shape index (κ3) is 3.09. The van der Waals surface area contributed by atoms with Crippen LogP contribution in [-0.4, -0.2) is 18.0 Å². The largest absolute Gasteiger partial charge is 0.354 e. The quantitative estimate of drug-likeness (QED) is 0.898. The summed E-state index contributed by atoms with van der Waals surface area (Å²) in [4.78, 5) is 12.1. The monoisotopic (exact) mass is 306 g/mol. The average Bonchev–Trinajstić information content (AvgIpc) is 3.25. The van der Waals surface area contributed by atoms with E-state index in [2.05, 4.69) is 17.4 Å². The van der Waals surface area contributed by atoms with Gasteiger partial charge < -0.3 is 11.1 Å². The fourth-order valence-electron chi connectivity index (χ4n) is 3.39. The second-order valence-corrected chi connectivity index (χ2v) is 7.12. The summed E-state index contributed by atoms with van der Waals surface area (Å²) in [6, 6.07) is 8.10. The van der Waals surface area contributed by atoms with Gasteiger partial charge in [0.25, 0.3) is 0 Å². The van der Waals surface area contributed by atoms with Crippen molar-refractivity contribution < 1.29 is 4.79 Å². The smallest absolute Gasteiger partial charge is 0.240 e. The molecule has 2 aliphatic carbocycles. The lowest BCUT2D eigenvalue weighted by Crippen LogP contribution is -2.48. The van der Waals surface area contributed by atoms with E-state index in [0.717, 1.165) is 30.7 Å². The van der Waals surface area contributed by atoms with Gasteiger partial charge in [0.1, 0.15) is 0 Å². The summed E-state index contributed by atoms with van der Waals surface area (Å²) in [5.74, 6) is 0.0152. The maximum absolute atomic E-state index is 12.1. The Morgan fingerprint density at radius 2 is 1.71 bits per heavy atom. The Balaban J connectivity index is 1.76. The van der Waals surface area contributed by atoms with Gasteiger partial charge in [-0.05, 0) is 43.4 Å². The van der Waals surface area contributed by atoms with E-state index < -0.39 is 5.54 Å². The molecular formula is C17H23ClN2O. The van der Waals surface area contributed by atoms with Crippen molar-refractivity contribution in [1.29, 1.82) is 0 Å². The zero-order valence-electron chi connectivity index (χ0n) is 12.3. The SMILES string of the molecule is NC1(C(=O)NCC2(c3ccc(Cl)cc3)CCCCC2)CC1. The number of nitrogens with one attached hydrogen (secondary N) is 1. The zero-order valence-corrected chi connectivity index (χ0v) is 13.1. The van der Waals surface area contributed by atoms with Crippen molar-refractivity contribution in [2.24, 2.45) is 5.73 Å². The highest BCUT2D eigenvalue weighted by molar-refractivity contribution is 6.30. The number of hydrogen-bond donors (Lipinski definition) is 2. The van der Waals surface area contributed by atoms with Gasteiger partial charge in [0.05, 0.1) is 5.54 Å². The third-order valence-electron chi connectivity index (χ3n) is 5.10. The molecule has 1 aromatic carbocycles. The van der Waals surface area contributed by atoms with Gasteiger partial charge in [0.2, 0.25) is 5.91 Å². The Morgan fingerprint density at radius 3 is 2.29 bits per heavy atom. The molecule has 1 amide bonds. The van der Waals surface area contributed by atoms with E-state index in [9.17, 15) is 4.79 Å². The second-order valence-electron chi connectivity index (χ2n) is 6.69. The van der Waals surface area contributed by atoms with Crippen molar-refractivity contribution in [2.45, 2.75) is 55.9 Å². The lowest BCUT2D eigenvalue weighted by molar-refractivity contribution is -0.123. The number of amides is 1. The third-order valence-corrected chi connectivity index (χ3v) is 5.35. The first kappa shape index (κ1) is 14.9. The summed E-state index contributed by atoms with van der Waals surface area (Å²) < 4.78 is 0. The Labute approximate surface area is 131 Å². The lowest BCUT2D eigenvalue weighted by atomic mass is 9.69. The van der Waals surface area contributed by atoms with Gasteiger partial charge in [-0.2, -0.15) is 0 Å². The van der Waals surface area contributed by atoms with Crippen molar-refractivity contribution in [3.63, 3.8) is 0 Å². The van der Waals surface area contributed by atoms with Gasteiger partial charge in [-0.3, -0.25) is 4.79 Å². The second kappa shape index (κ2) is 5.62. The minimum atomic E-state index is -0.587. The van der Waals surface area contributed by atoms with Gasteiger partial charge in [0, 0.05) is 17.0 Å². The Hall–Kier alpha value is -1.06. The summed E-state index contributed by atoms with van der Waals surface area (Å²) in [5.41, 5.74) is 6.72. The minimum absolute atomic E-state index is 0.0152. The summed E-state index contributed by atoms with van der Waals surface area (Å²) in [5, 5.41) is 3.87. The Kier molecular flexibility index (Phi) is 3.98. The van der Waals surface area contributed by atoms with Crippen molar-refractivity contribution in [3.8, 4) is 0 Å². The van der Waals surface area contributed by atoms with Gasteiger partial charge >= 0.3 is 0 Å². The van der Waals surface area contributed by atoms with Crippen LogP contribution >= 0.6 is 11.6 Å². The molecule has 2 fully saturated rings. The fourth-order valence-corrected chi connectivity index (χ4v) is 3.51. The Bertz CT molecular complexity index is 516. The molecule has 4 heteroatoms. The fraction of sp³-hybridized carbons (Fsp3) is 0.588. The van der Waals surface area contributed by atoms with Crippen LogP contribution in [0, 0.1) is 0 Å². The van der Waals surface area contributed by atoms with Gasteiger partial charge in [-0.25, -0.2) is 0 Å². The summed E-state index contributed by atoms with van der Waals surface area (Å²) >= 11 is 6.01. The molecule has 2 saturated carbocycles. The number of carbonyl (C=O) groups excluding carboxylic acids is 1. The number of halogens is 1. The Morgan fingerprint density at radius 1 is 1.10 bits per heavy atom. The summed E-state index contributed by atoms with van der Waals surface area (Å²) in [6.45, 7) is 0.687. The number of nitrogens with two attached hydrogens (primary N) is 1. The maximum Gasteiger partial charge on any atom is 0.240 e. The highest BCUT2D eigenvalue weighted by Gasteiger charge is 2.46. The van der Waals surface area contributed by atoms with E-state index in [1.54, 1.807) is 0 Å². The maximum atomic E-state index is 12.1. The van der Waals surface area contributed by atoms with Gasteiger partial charge in [-0.15, -0.1) is 0 Å². The molecule has 1 aromatic rings. The standard InChI is InChI=1S/C17H23ClN2O/c18-14-6-4-13(5-7-14)16(8-2-1-3-9-16)12-20-15(21)17(19)10-11-17/h4-7H,1-3,8-12,19H2,(H,20,21). The molecule has 0 spiro atoms. The molecular weight excluding hydrogens is 284 g/mol. The van der Waals surface area contributed by atoms with E-state index in [-0.39, 0.29) is 11.3 Å². The molecule has 3 nitrogen and oxygen atoms in total. The highest BCUT2D eigenvalue weighted by Crippen LogP contribution is 2.40. The van der Waals surface area contributed by atoms with E-state index in [0.29, 0.717) is 6.54 Å². The molecule has 21 heavy (non-hydrogen) atoms. The number of hydrogen-bond acceptors (Lipinski definition) is 2. The molecule has 0 aliphatic heterocycles. The van der Waals surface area contributed by atoms with Crippen molar-refractivity contribution in [1.82, 2.24) is 5.32 Å². The van der Waals surface area contributed by atoms with Crippen LogP contribution in [0.5, 0.6) is 0 Å². The van der Waals surface area contributed by atoms with Gasteiger partial charge in [-0.1, -0.05) is 43.0 Å². The van der Waals surface area contributed by atoms with Crippen LogP contribution in [0.4, 0.5) is 0 Å². The molecule has 3 N–H and O–H groups in total. The van der Waals surface area contributed by atoms with Crippen LogP contribution in [0.1, 0.15) is 50.5 Å². The van der Waals surface area contributed by atoms with E-state index in [1.807, 2.05) is 12.1 Å². The molecule has 0 bridgehead atoms. The van der Waals surface area contributed by atoms with Crippen molar-refractivity contribution in [2.75, 3.05) is 6.54 Å². The van der Waals surface area contributed by atoms with E-state index in [4.69, 9.17) is 17.3 Å². The van der Waals surface area contributed by atoms with E-state index >= 15 is 0 Å². The predicted octanol–water partition coefficient (Wildman–Crippen LogP) is 3.15. The molecule has 0 heterocycles. The molecule has 0 saturated heterocycles. The van der Waals surface area contributed by atoms with E-state index in [1.165, 1.54) is 24.8 Å². The van der Waals surface area contributed by atoms with Crippen LogP contribution in [-0.2, 0) is 10.2 Å². The molecule has 3 rings (SSSR count). The van der Waals surface area contributed by atoms with Crippen molar-refractivity contribution in [3.05, 3.63) is 34.9 Å². The number of rotatable bonds is 4. The zero-order chi connectivity index (χ0) is 14.9. The highest BCUT2D eigenvalue weighted by atomic mass is 35.5. The van der Waals surface area contributed by atoms with Crippen molar-refractivity contribution >= 4 is 17.5 Å². The number of carbonyl (C=O) groups is 1.